The number of hydrogen-bond acceptors (Lipinski definition) is 1. The Morgan fingerprint density at radius 3 is 3.67 bits per heavy atom. The van der Waals surface area contributed by atoms with Crippen molar-refractivity contribution in [3.8, 4) is 0 Å². The molecule has 0 radical (unpaired) electrons. The molecular weight excluding hydrogens is 78.1 g/mol. The zero-order chi connectivity index (χ0) is 6.41. The molecule has 0 rings (SSSR count). The van der Waals surface area contributed by atoms with Gasteiger partial charge >= 0.3 is 0 Å². The average Bonchev–Trinajstić information content (AvgIpc) is 1.83. The Bertz CT molecular complexity index is 98.7. The van der Waals surface area contributed by atoms with E-state index in [-0.39, 0.29) is 13.4 Å². The summed E-state index contributed by atoms with van der Waals surface area (Å²) in [6.45, 7) is 0.110. The monoisotopic (exact) mass is 87.1 g/mol. The molecule has 3 nitrogen and oxygen atoms in total. The van der Waals surface area contributed by atoms with Crippen molar-refractivity contribution in [2.45, 2.75) is 13.3 Å². The van der Waals surface area contributed by atoms with Crippen molar-refractivity contribution in [2.24, 2.45) is 5.11 Å². The highest BCUT2D eigenvalue weighted by atomic mass is 15.1. The molecule has 0 unspecified atom stereocenters. The molecule has 0 aliphatic rings. The van der Waals surface area contributed by atoms with Gasteiger partial charge in [-0.1, -0.05) is 18.4 Å². The van der Waals surface area contributed by atoms with Crippen LogP contribution in [0.2, 0.25) is 0 Å². The second-order valence-electron chi connectivity index (χ2n) is 0.702. The first-order chi connectivity index (χ1) is 3.81. The third kappa shape index (κ3) is 3.31. The molecular formula is C3H7N3. The quantitative estimate of drug-likeness (QED) is 0.279. The minimum Gasteiger partial charge on any atom is -0.0940 e. The Morgan fingerprint density at radius 1 is 2.33 bits per heavy atom. The summed E-state index contributed by atoms with van der Waals surface area (Å²) < 4.78 is 13.5. The van der Waals surface area contributed by atoms with Gasteiger partial charge in [0.2, 0.25) is 0 Å². The molecule has 0 aliphatic heterocycles. The number of hydrogen-bond donors (Lipinski definition) is 0. The summed E-state index contributed by atoms with van der Waals surface area (Å²) in [5, 5.41) is 3.12. The average molecular weight is 87.1 g/mol. The molecule has 0 aromatic heterocycles. The Morgan fingerprint density at radius 2 is 3.17 bits per heavy atom. The van der Waals surface area contributed by atoms with E-state index in [1.807, 2.05) is 0 Å². The van der Waals surface area contributed by atoms with Gasteiger partial charge in [0.05, 0.1) is 0 Å². The fourth-order valence-corrected chi connectivity index (χ4v) is 0.0942. The van der Waals surface area contributed by atoms with E-state index in [9.17, 15) is 0 Å². The second-order valence-corrected chi connectivity index (χ2v) is 0.702. The van der Waals surface area contributed by atoms with Gasteiger partial charge in [0.25, 0.3) is 0 Å². The lowest BCUT2D eigenvalue weighted by atomic mass is 10.5. The zero-order valence-corrected chi connectivity index (χ0v) is 3.33. The van der Waals surface area contributed by atoms with Gasteiger partial charge in [-0.25, -0.2) is 0 Å². The molecule has 0 saturated carbocycles. The van der Waals surface area contributed by atoms with Crippen LogP contribution in [-0.4, -0.2) is 6.54 Å². The van der Waals surface area contributed by atoms with Crippen molar-refractivity contribution in [3.05, 3.63) is 10.4 Å². The second kappa shape index (κ2) is 4.31. The highest BCUT2D eigenvalue weighted by molar-refractivity contribution is 4.40. The molecule has 0 bridgehead atoms. The Balaban J connectivity index is 3.23. The smallest absolute Gasteiger partial charge is 0.0265 e. The van der Waals surface area contributed by atoms with E-state index in [1.54, 1.807) is 0 Å². The van der Waals surface area contributed by atoms with Crippen molar-refractivity contribution < 1.29 is 2.74 Å². The summed E-state index contributed by atoms with van der Waals surface area (Å²) in [6.07, 6.45) is -0.550. The molecule has 6 heavy (non-hydrogen) atoms. The number of nitrogens with zero attached hydrogens (tertiary/aromatic N) is 3. The van der Waals surface area contributed by atoms with Gasteiger partial charge in [-0.05, 0) is 5.53 Å². The highest BCUT2D eigenvalue weighted by Crippen LogP contribution is 1.74. The van der Waals surface area contributed by atoms with E-state index < -0.39 is 6.40 Å². The SMILES string of the molecule is [2H]C[C@H]([2H])CN=[N+]=[N-]. The largest absolute Gasteiger partial charge is 0.0940 e. The van der Waals surface area contributed by atoms with E-state index in [0.717, 1.165) is 0 Å². The lowest BCUT2D eigenvalue weighted by molar-refractivity contribution is 0.922. The van der Waals surface area contributed by atoms with Crippen LogP contribution in [0.5, 0.6) is 0 Å². The van der Waals surface area contributed by atoms with Gasteiger partial charge in [0.1, 0.15) is 0 Å². The fraction of sp³-hybridized carbons (Fsp3) is 1.00. The van der Waals surface area contributed by atoms with Crippen molar-refractivity contribution in [1.82, 2.24) is 0 Å². The predicted molar refractivity (Wildman–Crippen MR) is 24.3 cm³/mol. The lowest BCUT2D eigenvalue weighted by Crippen LogP contribution is -1.65. The zero-order valence-electron chi connectivity index (χ0n) is 5.33. The van der Waals surface area contributed by atoms with Crippen LogP contribution in [0.25, 0.3) is 10.4 Å². The Hall–Kier alpha value is -0.690. The van der Waals surface area contributed by atoms with Gasteiger partial charge in [-0.2, -0.15) is 0 Å². The summed E-state index contributed by atoms with van der Waals surface area (Å²) in [4.78, 5) is 2.45. The maximum absolute atomic E-state index is 7.72. The van der Waals surface area contributed by atoms with Crippen LogP contribution in [-0.2, 0) is 0 Å². The van der Waals surface area contributed by atoms with Crippen LogP contribution >= 0.6 is 0 Å². The minimum atomic E-state index is -0.550. The van der Waals surface area contributed by atoms with E-state index in [1.165, 1.54) is 0 Å². The molecule has 0 fully saturated rings. The van der Waals surface area contributed by atoms with Gasteiger partial charge in [-0.3, -0.25) is 0 Å². The molecule has 3 heteroatoms. The fourth-order valence-electron chi connectivity index (χ4n) is 0.0942. The summed E-state index contributed by atoms with van der Waals surface area (Å²) in [6, 6.07) is 0. The summed E-state index contributed by atoms with van der Waals surface area (Å²) >= 11 is 0. The normalized spacial score (nSPS) is 16.7. The maximum atomic E-state index is 7.72. The molecule has 0 amide bonds. The molecule has 34 valence electrons. The van der Waals surface area contributed by atoms with E-state index >= 15 is 0 Å². The molecule has 0 spiro atoms. The van der Waals surface area contributed by atoms with Crippen LogP contribution < -0.4 is 0 Å². The van der Waals surface area contributed by atoms with Crippen LogP contribution in [0.3, 0.4) is 0 Å². The Kier molecular flexibility index (Phi) is 1.78. The molecule has 0 saturated heterocycles. The summed E-state index contributed by atoms with van der Waals surface area (Å²) in [5.74, 6) is 0. The van der Waals surface area contributed by atoms with E-state index in [4.69, 9.17) is 8.27 Å². The van der Waals surface area contributed by atoms with Crippen LogP contribution in [0, 0.1) is 0 Å². The van der Waals surface area contributed by atoms with Crippen LogP contribution in [0.15, 0.2) is 5.11 Å². The van der Waals surface area contributed by atoms with E-state index in [2.05, 4.69) is 10.0 Å². The third-order valence-electron chi connectivity index (χ3n) is 0.274. The first kappa shape index (κ1) is 2.48. The lowest BCUT2D eigenvalue weighted by Gasteiger charge is -1.71. The molecule has 0 N–H and O–H groups in total. The van der Waals surface area contributed by atoms with Crippen molar-refractivity contribution >= 4 is 0 Å². The van der Waals surface area contributed by atoms with Gasteiger partial charge < -0.3 is 0 Å². The maximum Gasteiger partial charge on any atom is 0.0265 e. The molecule has 1 atom stereocenters. The molecule has 0 heterocycles. The molecule has 0 aromatic rings. The molecule has 0 aliphatic carbocycles. The topological polar surface area (TPSA) is 48.8 Å². The number of rotatable bonds is 2. The summed E-state index contributed by atoms with van der Waals surface area (Å²) in [5.41, 5.74) is 7.72. The van der Waals surface area contributed by atoms with Crippen molar-refractivity contribution in [2.75, 3.05) is 6.54 Å². The highest BCUT2D eigenvalue weighted by Gasteiger charge is 1.65. The minimum absolute atomic E-state index is 0.000972. The van der Waals surface area contributed by atoms with Gasteiger partial charge in [0.15, 0.2) is 0 Å². The standard InChI is InChI=1S/C3H7N3/c1-2-3-5-6-4/h2-3H2,1H3/i1D,2D/t2-/m0/s1. The van der Waals surface area contributed by atoms with Gasteiger partial charge in [0, 0.05) is 14.2 Å². The Labute approximate surface area is 39.4 Å². The van der Waals surface area contributed by atoms with Gasteiger partial charge in [-0.15, -0.1) is 0 Å². The third-order valence-corrected chi connectivity index (χ3v) is 0.274. The first-order valence-corrected chi connectivity index (χ1v) is 1.53. The first-order valence-electron chi connectivity index (χ1n) is 2.82. The van der Waals surface area contributed by atoms with Crippen molar-refractivity contribution in [3.63, 3.8) is 0 Å². The molecule has 0 aromatic carbocycles. The predicted octanol–water partition coefficient (Wildman–Crippen LogP) is 1.71. The van der Waals surface area contributed by atoms with Crippen LogP contribution in [0.1, 0.15) is 16.0 Å². The van der Waals surface area contributed by atoms with E-state index in [0.29, 0.717) is 0 Å². The number of azide groups is 1. The van der Waals surface area contributed by atoms with Crippen LogP contribution in [0.4, 0.5) is 0 Å². The summed E-state index contributed by atoms with van der Waals surface area (Å²) in [7, 11) is 0. The van der Waals surface area contributed by atoms with Crippen molar-refractivity contribution in [1.29, 1.82) is 0 Å².